The van der Waals surface area contributed by atoms with E-state index >= 15 is 0 Å². The second-order valence-electron chi connectivity index (χ2n) is 4.61. The Bertz CT molecular complexity index is 337. The molecular weight excluding hydrogens is 186 g/mol. The monoisotopic (exact) mass is 207 g/mol. The lowest BCUT2D eigenvalue weighted by Gasteiger charge is -2.12. The molecule has 0 aromatic carbocycles. The van der Waals surface area contributed by atoms with Crippen LogP contribution in [-0.2, 0) is 17.8 Å². The van der Waals surface area contributed by atoms with Gasteiger partial charge in [0.05, 0.1) is 0 Å². The molecule has 0 saturated carbocycles. The Morgan fingerprint density at radius 2 is 2.07 bits per heavy atom. The highest BCUT2D eigenvalue weighted by atomic mass is 16.1. The van der Waals surface area contributed by atoms with Crippen LogP contribution in [0.4, 0.5) is 0 Å². The predicted octanol–water partition coefficient (Wildman–Crippen LogP) is 2.89. The van der Waals surface area contributed by atoms with Gasteiger partial charge < -0.3 is 9.36 Å². The summed E-state index contributed by atoms with van der Waals surface area (Å²) >= 11 is 0. The molecule has 2 nitrogen and oxygen atoms in total. The molecule has 84 valence electrons. The van der Waals surface area contributed by atoms with Crippen LogP contribution in [0.25, 0.3) is 0 Å². The summed E-state index contributed by atoms with van der Waals surface area (Å²) in [5.74, 6) is 0.661. The maximum absolute atomic E-state index is 10.4. The fourth-order valence-corrected chi connectivity index (χ4v) is 1.99. The van der Waals surface area contributed by atoms with E-state index in [-0.39, 0.29) is 0 Å². The van der Waals surface area contributed by atoms with Gasteiger partial charge in [-0.05, 0) is 37.8 Å². The molecule has 1 aromatic rings. The molecule has 2 heteroatoms. The van der Waals surface area contributed by atoms with Gasteiger partial charge >= 0.3 is 0 Å². The van der Waals surface area contributed by atoms with E-state index in [9.17, 15) is 4.79 Å². The van der Waals surface area contributed by atoms with Crippen LogP contribution in [0.3, 0.4) is 0 Å². The van der Waals surface area contributed by atoms with Gasteiger partial charge in [0.25, 0.3) is 0 Å². The van der Waals surface area contributed by atoms with Gasteiger partial charge in [0.1, 0.15) is 6.29 Å². The Balaban J connectivity index is 2.87. The van der Waals surface area contributed by atoms with Crippen molar-refractivity contribution in [2.45, 2.75) is 47.1 Å². The highest BCUT2D eigenvalue weighted by Gasteiger charge is 2.09. The smallest absolute Gasteiger partial charge is 0.120 e. The van der Waals surface area contributed by atoms with Gasteiger partial charge in [-0.3, -0.25) is 0 Å². The minimum atomic E-state index is 0.631. The van der Waals surface area contributed by atoms with E-state index in [1.54, 1.807) is 0 Å². The van der Waals surface area contributed by atoms with Crippen LogP contribution >= 0.6 is 0 Å². The number of carbonyl (C=O) groups is 1. The van der Waals surface area contributed by atoms with Crippen molar-refractivity contribution < 1.29 is 4.79 Å². The zero-order chi connectivity index (χ0) is 11.4. The lowest BCUT2D eigenvalue weighted by atomic mass is 10.1. The molecule has 0 bridgehead atoms. The van der Waals surface area contributed by atoms with Gasteiger partial charge in [0.2, 0.25) is 0 Å². The maximum Gasteiger partial charge on any atom is 0.120 e. The number of hydrogen-bond acceptors (Lipinski definition) is 1. The first kappa shape index (κ1) is 12.0. The Morgan fingerprint density at radius 1 is 1.40 bits per heavy atom. The van der Waals surface area contributed by atoms with Gasteiger partial charge in [-0.2, -0.15) is 0 Å². The molecule has 0 N–H and O–H groups in total. The van der Waals surface area contributed by atoms with E-state index in [1.165, 1.54) is 17.0 Å². The first-order valence-corrected chi connectivity index (χ1v) is 5.65. The predicted molar refractivity (Wildman–Crippen MR) is 63.1 cm³/mol. The molecular formula is C13H21NO. The fraction of sp³-hybridized carbons (Fsp3) is 0.615. The van der Waals surface area contributed by atoms with Crippen LogP contribution in [0.15, 0.2) is 6.07 Å². The van der Waals surface area contributed by atoms with E-state index in [4.69, 9.17) is 0 Å². The molecule has 1 rings (SSSR count). The third-order valence-electron chi connectivity index (χ3n) is 2.76. The summed E-state index contributed by atoms with van der Waals surface area (Å²) in [6.07, 6.45) is 2.50. The van der Waals surface area contributed by atoms with E-state index in [2.05, 4.69) is 38.3 Å². The van der Waals surface area contributed by atoms with E-state index in [0.717, 1.165) is 19.3 Å². The third-order valence-corrected chi connectivity index (χ3v) is 2.76. The largest absolute Gasteiger partial charge is 0.349 e. The summed E-state index contributed by atoms with van der Waals surface area (Å²) in [7, 11) is 0. The summed E-state index contributed by atoms with van der Waals surface area (Å²) in [5.41, 5.74) is 3.95. The number of carbonyl (C=O) groups excluding carboxylic acids is 1. The third kappa shape index (κ3) is 2.95. The van der Waals surface area contributed by atoms with Gasteiger partial charge in [0.15, 0.2) is 0 Å². The van der Waals surface area contributed by atoms with Crippen molar-refractivity contribution in [3.05, 3.63) is 23.0 Å². The van der Waals surface area contributed by atoms with Crippen LogP contribution < -0.4 is 0 Å². The molecule has 0 fully saturated rings. The maximum atomic E-state index is 10.4. The van der Waals surface area contributed by atoms with Crippen molar-refractivity contribution in [1.29, 1.82) is 0 Å². The molecule has 1 heterocycles. The SMILES string of the molecule is Cc1cc(CCC=O)c(C)n1CC(C)C. The Morgan fingerprint density at radius 3 is 2.60 bits per heavy atom. The van der Waals surface area contributed by atoms with Crippen LogP contribution in [0.1, 0.15) is 37.2 Å². The number of rotatable bonds is 5. The molecule has 15 heavy (non-hydrogen) atoms. The van der Waals surface area contributed by atoms with Crippen LogP contribution in [0.5, 0.6) is 0 Å². The van der Waals surface area contributed by atoms with Gasteiger partial charge in [0, 0.05) is 24.4 Å². The highest BCUT2D eigenvalue weighted by molar-refractivity contribution is 5.50. The lowest BCUT2D eigenvalue weighted by Crippen LogP contribution is -2.08. The number of hydrogen-bond donors (Lipinski definition) is 0. The first-order chi connectivity index (χ1) is 7.06. The Hall–Kier alpha value is -1.05. The average Bonchev–Trinajstić information content (AvgIpc) is 2.42. The van der Waals surface area contributed by atoms with Crippen molar-refractivity contribution >= 4 is 6.29 Å². The van der Waals surface area contributed by atoms with Gasteiger partial charge in [-0.15, -0.1) is 0 Å². The topological polar surface area (TPSA) is 22.0 Å². The normalized spacial score (nSPS) is 11.0. The zero-order valence-corrected chi connectivity index (χ0v) is 10.2. The molecule has 0 saturated heterocycles. The van der Waals surface area contributed by atoms with E-state index in [0.29, 0.717) is 12.3 Å². The van der Waals surface area contributed by atoms with Crippen molar-refractivity contribution in [2.24, 2.45) is 5.92 Å². The molecule has 0 atom stereocenters. The van der Waals surface area contributed by atoms with Crippen molar-refractivity contribution in [3.8, 4) is 0 Å². The van der Waals surface area contributed by atoms with Crippen LogP contribution in [-0.4, -0.2) is 10.9 Å². The molecule has 0 spiro atoms. The highest BCUT2D eigenvalue weighted by Crippen LogP contribution is 2.17. The minimum Gasteiger partial charge on any atom is -0.349 e. The number of aromatic nitrogens is 1. The van der Waals surface area contributed by atoms with Crippen molar-refractivity contribution in [1.82, 2.24) is 4.57 Å². The molecule has 0 aliphatic heterocycles. The Labute approximate surface area is 92.3 Å². The molecule has 0 aliphatic carbocycles. The fourth-order valence-electron chi connectivity index (χ4n) is 1.99. The summed E-state index contributed by atoms with van der Waals surface area (Å²) in [4.78, 5) is 10.4. The Kier molecular flexibility index (Phi) is 4.13. The number of nitrogens with zero attached hydrogens (tertiary/aromatic N) is 1. The first-order valence-electron chi connectivity index (χ1n) is 5.65. The second-order valence-corrected chi connectivity index (χ2v) is 4.61. The van der Waals surface area contributed by atoms with E-state index in [1.807, 2.05) is 0 Å². The lowest BCUT2D eigenvalue weighted by molar-refractivity contribution is -0.107. The molecule has 0 aliphatic rings. The minimum absolute atomic E-state index is 0.631. The quantitative estimate of drug-likeness (QED) is 0.680. The zero-order valence-electron chi connectivity index (χ0n) is 10.2. The summed E-state index contributed by atoms with van der Waals surface area (Å²) in [5, 5.41) is 0. The summed E-state index contributed by atoms with van der Waals surface area (Å²) in [6.45, 7) is 9.81. The molecule has 0 radical (unpaired) electrons. The average molecular weight is 207 g/mol. The van der Waals surface area contributed by atoms with Gasteiger partial charge in [-0.1, -0.05) is 13.8 Å². The van der Waals surface area contributed by atoms with Crippen molar-refractivity contribution in [3.63, 3.8) is 0 Å². The number of aryl methyl sites for hydroxylation is 2. The molecule has 0 amide bonds. The van der Waals surface area contributed by atoms with Crippen molar-refractivity contribution in [2.75, 3.05) is 0 Å². The van der Waals surface area contributed by atoms with Crippen LogP contribution in [0.2, 0.25) is 0 Å². The second kappa shape index (κ2) is 5.15. The van der Waals surface area contributed by atoms with E-state index < -0.39 is 0 Å². The number of aldehydes is 1. The van der Waals surface area contributed by atoms with Crippen LogP contribution in [0, 0.1) is 19.8 Å². The summed E-state index contributed by atoms with van der Waals surface area (Å²) < 4.78 is 2.35. The molecule has 1 aromatic heterocycles. The van der Waals surface area contributed by atoms with Gasteiger partial charge in [-0.25, -0.2) is 0 Å². The standard InChI is InChI=1S/C13H21NO/c1-10(2)9-14-11(3)8-13(12(14)4)6-5-7-15/h7-8,10H,5-6,9H2,1-4H3. The summed E-state index contributed by atoms with van der Waals surface area (Å²) in [6, 6.07) is 2.21. The molecule has 0 unspecified atom stereocenters.